The van der Waals surface area contributed by atoms with E-state index >= 15 is 0 Å². The molecule has 0 saturated heterocycles. The van der Waals surface area contributed by atoms with Crippen LogP contribution in [0.1, 0.15) is 31.2 Å². The summed E-state index contributed by atoms with van der Waals surface area (Å²) < 4.78 is 0. The van der Waals surface area contributed by atoms with Crippen LogP contribution in [0.4, 0.5) is 5.69 Å². The second kappa shape index (κ2) is 5.53. The summed E-state index contributed by atoms with van der Waals surface area (Å²) in [7, 11) is 2.02. The van der Waals surface area contributed by atoms with E-state index in [1.54, 1.807) is 6.20 Å². The average molecular weight is 279 g/mol. The van der Waals surface area contributed by atoms with Gasteiger partial charge in [-0.05, 0) is 18.9 Å². The highest BCUT2D eigenvalue weighted by Gasteiger charge is 2.25. The molecule has 0 unspecified atom stereocenters. The first-order chi connectivity index (χ1) is 10.2. The van der Waals surface area contributed by atoms with E-state index in [1.807, 2.05) is 31.3 Å². The van der Waals surface area contributed by atoms with Gasteiger partial charge in [0.1, 0.15) is 11.9 Å². The average Bonchev–Trinajstić information content (AvgIpc) is 2.53. The van der Waals surface area contributed by atoms with Gasteiger partial charge in [0.05, 0.1) is 16.8 Å². The number of ketones is 1. The monoisotopic (exact) mass is 279 g/mol. The summed E-state index contributed by atoms with van der Waals surface area (Å²) in [6.07, 6.45) is 4.63. The Bertz CT molecular complexity index is 722. The quantitative estimate of drug-likeness (QED) is 0.847. The summed E-state index contributed by atoms with van der Waals surface area (Å²) in [4.78, 5) is 17.9. The van der Waals surface area contributed by atoms with Crippen molar-refractivity contribution in [2.24, 2.45) is 0 Å². The number of carbonyl (C=O) groups excluding carboxylic acids is 1. The zero-order chi connectivity index (χ0) is 14.8. The largest absolute Gasteiger partial charge is 0.370 e. The number of Topliss-reactive ketones (excluding diaryl/α,β-unsaturated/α-hetero) is 1. The highest BCUT2D eigenvalue weighted by molar-refractivity contribution is 5.94. The minimum absolute atomic E-state index is 0.306. The van der Waals surface area contributed by atoms with Crippen LogP contribution in [0.3, 0.4) is 0 Å². The van der Waals surface area contributed by atoms with Crippen molar-refractivity contribution >= 4 is 22.4 Å². The van der Waals surface area contributed by atoms with E-state index in [1.165, 1.54) is 0 Å². The first-order valence-electron chi connectivity index (χ1n) is 7.23. The van der Waals surface area contributed by atoms with Crippen LogP contribution in [0.2, 0.25) is 0 Å². The zero-order valence-corrected chi connectivity index (χ0v) is 12.0. The van der Waals surface area contributed by atoms with E-state index in [-0.39, 0.29) is 0 Å². The number of benzene rings is 1. The number of anilines is 1. The molecule has 1 aliphatic carbocycles. The van der Waals surface area contributed by atoms with Crippen LogP contribution in [0.15, 0.2) is 30.5 Å². The number of hydrogen-bond acceptors (Lipinski definition) is 4. The Morgan fingerprint density at radius 2 is 2.00 bits per heavy atom. The minimum Gasteiger partial charge on any atom is -0.370 e. The van der Waals surface area contributed by atoms with Crippen LogP contribution in [-0.4, -0.2) is 23.9 Å². The van der Waals surface area contributed by atoms with Crippen molar-refractivity contribution in [1.82, 2.24) is 4.98 Å². The van der Waals surface area contributed by atoms with Crippen LogP contribution in [-0.2, 0) is 4.79 Å². The fraction of sp³-hybridized carbons (Fsp3) is 0.353. The lowest BCUT2D eigenvalue weighted by atomic mass is 9.92. The molecule has 0 N–H and O–H groups in total. The standard InChI is InChI=1S/C17H17N3O/c1-20(13-6-8-14(21)9-7-13)17-12(10-18)11-19-16-5-3-2-4-15(16)17/h2-5,11,13H,6-9H2,1H3. The van der Waals surface area contributed by atoms with Crippen LogP contribution in [0, 0.1) is 11.3 Å². The Balaban J connectivity index is 2.06. The van der Waals surface area contributed by atoms with Crippen LogP contribution < -0.4 is 4.90 Å². The summed E-state index contributed by atoms with van der Waals surface area (Å²) in [5, 5.41) is 10.4. The summed E-state index contributed by atoms with van der Waals surface area (Å²) >= 11 is 0. The smallest absolute Gasteiger partial charge is 0.133 e. The molecule has 106 valence electrons. The molecule has 0 atom stereocenters. The number of fused-ring (bicyclic) bond motifs is 1. The third-order valence-corrected chi connectivity index (χ3v) is 4.28. The van der Waals surface area contributed by atoms with Crippen LogP contribution in [0.25, 0.3) is 10.9 Å². The fourth-order valence-electron chi connectivity index (χ4n) is 3.08. The molecule has 1 heterocycles. The number of nitriles is 1. The minimum atomic E-state index is 0.306. The third-order valence-electron chi connectivity index (χ3n) is 4.28. The predicted molar refractivity (Wildman–Crippen MR) is 82.1 cm³/mol. The first kappa shape index (κ1) is 13.6. The lowest BCUT2D eigenvalue weighted by molar-refractivity contribution is -0.120. The molecule has 1 fully saturated rings. The van der Waals surface area contributed by atoms with Gasteiger partial charge in [0.15, 0.2) is 0 Å². The molecule has 1 saturated carbocycles. The summed E-state index contributed by atoms with van der Waals surface area (Å²) in [6, 6.07) is 10.4. The topological polar surface area (TPSA) is 57.0 Å². The highest BCUT2D eigenvalue weighted by atomic mass is 16.1. The first-order valence-corrected chi connectivity index (χ1v) is 7.23. The molecule has 0 spiro atoms. The Hall–Kier alpha value is -2.41. The van der Waals surface area contributed by atoms with E-state index in [0.29, 0.717) is 30.2 Å². The van der Waals surface area contributed by atoms with E-state index in [9.17, 15) is 10.1 Å². The lowest BCUT2D eigenvalue weighted by Crippen LogP contribution is -2.35. The Labute approximate surface area is 124 Å². The number of carbonyl (C=O) groups is 1. The second-order valence-corrected chi connectivity index (χ2v) is 5.53. The summed E-state index contributed by atoms with van der Waals surface area (Å²) in [6.45, 7) is 0. The molecule has 0 aliphatic heterocycles. The fourth-order valence-corrected chi connectivity index (χ4v) is 3.08. The maximum atomic E-state index is 11.4. The number of nitrogens with zero attached hydrogens (tertiary/aromatic N) is 3. The van der Waals surface area contributed by atoms with Gasteiger partial charge in [-0.2, -0.15) is 5.26 Å². The van der Waals surface area contributed by atoms with Gasteiger partial charge < -0.3 is 4.90 Å². The molecule has 0 bridgehead atoms. The van der Waals surface area contributed by atoms with E-state index in [0.717, 1.165) is 29.4 Å². The SMILES string of the molecule is CN(c1c(C#N)cnc2ccccc12)C1CCC(=O)CC1. The molecule has 0 amide bonds. The number of pyridine rings is 1. The predicted octanol–water partition coefficient (Wildman–Crippen LogP) is 3.05. The van der Waals surface area contributed by atoms with Gasteiger partial charge in [0.25, 0.3) is 0 Å². The van der Waals surface area contributed by atoms with Gasteiger partial charge in [-0.1, -0.05) is 18.2 Å². The Morgan fingerprint density at radius 3 is 2.71 bits per heavy atom. The van der Waals surface area contributed by atoms with Crippen molar-refractivity contribution in [3.63, 3.8) is 0 Å². The van der Waals surface area contributed by atoms with Crippen molar-refractivity contribution in [3.8, 4) is 6.07 Å². The molecular formula is C17H17N3O. The van der Waals surface area contributed by atoms with E-state index < -0.39 is 0 Å². The zero-order valence-electron chi connectivity index (χ0n) is 12.0. The van der Waals surface area contributed by atoms with Gasteiger partial charge in [0.2, 0.25) is 0 Å². The maximum absolute atomic E-state index is 11.4. The van der Waals surface area contributed by atoms with Crippen molar-refractivity contribution in [2.45, 2.75) is 31.7 Å². The highest BCUT2D eigenvalue weighted by Crippen LogP contribution is 2.32. The van der Waals surface area contributed by atoms with Gasteiger partial charge in [-0.15, -0.1) is 0 Å². The molecular weight excluding hydrogens is 262 g/mol. The number of hydrogen-bond donors (Lipinski definition) is 0. The number of aromatic nitrogens is 1. The van der Waals surface area contributed by atoms with Crippen LogP contribution >= 0.6 is 0 Å². The molecule has 2 aromatic rings. The lowest BCUT2D eigenvalue weighted by Gasteiger charge is -2.33. The molecule has 1 aromatic heterocycles. The maximum Gasteiger partial charge on any atom is 0.133 e. The number of para-hydroxylation sites is 1. The molecule has 4 nitrogen and oxygen atoms in total. The second-order valence-electron chi connectivity index (χ2n) is 5.53. The Morgan fingerprint density at radius 1 is 1.29 bits per heavy atom. The third kappa shape index (κ3) is 2.47. The normalized spacial score (nSPS) is 15.9. The van der Waals surface area contributed by atoms with Crippen molar-refractivity contribution in [3.05, 3.63) is 36.0 Å². The molecule has 4 heteroatoms. The molecule has 1 aliphatic rings. The van der Waals surface area contributed by atoms with Gasteiger partial charge in [-0.3, -0.25) is 9.78 Å². The summed E-state index contributed by atoms with van der Waals surface area (Å²) in [5.74, 6) is 0.347. The van der Waals surface area contributed by atoms with Crippen molar-refractivity contribution < 1.29 is 4.79 Å². The Kier molecular flexibility index (Phi) is 3.57. The van der Waals surface area contributed by atoms with E-state index in [2.05, 4.69) is 16.0 Å². The molecule has 0 radical (unpaired) electrons. The van der Waals surface area contributed by atoms with Gasteiger partial charge in [0, 0.05) is 37.5 Å². The summed E-state index contributed by atoms with van der Waals surface area (Å²) in [5.41, 5.74) is 2.42. The molecule has 21 heavy (non-hydrogen) atoms. The molecule has 1 aromatic carbocycles. The van der Waals surface area contributed by atoms with Crippen molar-refractivity contribution in [2.75, 3.05) is 11.9 Å². The van der Waals surface area contributed by atoms with Crippen LogP contribution in [0.5, 0.6) is 0 Å². The number of rotatable bonds is 2. The van der Waals surface area contributed by atoms with Crippen molar-refractivity contribution in [1.29, 1.82) is 5.26 Å². The van der Waals surface area contributed by atoms with Gasteiger partial charge in [-0.25, -0.2) is 0 Å². The molecule has 3 rings (SSSR count). The van der Waals surface area contributed by atoms with E-state index in [4.69, 9.17) is 0 Å². The van der Waals surface area contributed by atoms with Gasteiger partial charge >= 0.3 is 0 Å².